The van der Waals surface area contributed by atoms with E-state index < -0.39 is 0 Å². The summed E-state index contributed by atoms with van der Waals surface area (Å²) < 4.78 is 1.99. The molecule has 0 saturated heterocycles. The smallest absolute Gasteiger partial charge is 0.168 e. The lowest BCUT2D eigenvalue weighted by molar-refractivity contribution is 0.681. The van der Waals surface area contributed by atoms with Crippen molar-refractivity contribution in [2.45, 2.75) is 19.9 Å². The predicted octanol–water partition coefficient (Wildman–Crippen LogP) is 2.04. The van der Waals surface area contributed by atoms with Gasteiger partial charge in [0.15, 0.2) is 10.8 Å². The van der Waals surface area contributed by atoms with Crippen molar-refractivity contribution >= 4 is 11.3 Å². The van der Waals surface area contributed by atoms with Crippen molar-refractivity contribution in [1.82, 2.24) is 19.9 Å². The maximum atomic E-state index is 4.39. The van der Waals surface area contributed by atoms with Gasteiger partial charge >= 0.3 is 0 Å². The van der Waals surface area contributed by atoms with Crippen molar-refractivity contribution in [3.8, 4) is 10.8 Å². The van der Waals surface area contributed by atoms with Gasteiger partial charge in [-0.25, -0.2) is 9.97 Å². The van der Waals surface area contributed by atoms with Gasteiger partial charge in [-0.05, 0) is 13.0 Å². The second-order valence-electron chi connectivity index (χ2n) is 3.67. The summed E-state index contributed by atoms with van der Waals surface area (Å²) in [6.07, 6.45) is 6.82. The van der Waals surface area contributed by atoms with E-state index in [1.54, 1.807) is 17.5 Å². The minimum Gasteiger partial charge on any atom is -0.332 e. The van der Waals surface area contributed by atoms with E-state index in [-0.39, 0.29) is 0 Å². The molecular formula is C11H16N4S. The number of nitrogens with one attached hydrogen (secondary N) is 1. The summed E-state index contributed by atoms with van der Waals surface area (Å²) in [6, 6.07) is 0. The third-order valence-electron chi connectivity index (χ3n) is 2.29. The van der Waals surface area contributed by atoms with Crippen LogP contribution in [0, 0.1) is 0 Å². The van der Waals surface area contributed by atoms with Gasteiger partial charge in [0, 0.05) is 37.1 Å². The summed E-state index contributed by atoms with van der Waals surface area (Å²) in [6.45, 7) is 4.12. The molecule has 2 aromatic rings. The molecule has 2 aromatic heterocycles. The van der Waals surface area contributed by atoms with Crippen molar-refractivity contribution in [2.75, 3.05) is 6.54 Å². The van der Waals surface area contributed by atoms with Gasteiger partial charge in [-0.2, -0.15) is 0 Å². The van der Waals surface area contributed by atoms with E-state index in [0.717, 1.165) is 30.3 Å². The minimum atomic E-state index is 0.899. The first-order chi connectivity index (χ1) is 7.81. The van der Waals surface area contributed by atoms with Crippen LogP contribution < -0.4 is 5.32 Å². The Labute approximate surface area is 99.4 Å². The van der Waals surface area contributed by atoms with E-state index in [1.165, 1.54) is 4.88 Å². The molecule has 0 amide bonds. The largest absolute Gasteiger partial charge is 0.332 e. The van der Waals surface area contributed by atoms with Gasteiger partial charge in [-0.1, -0.05) is 6.92 Å². The van der Waals surface area contributed by atoms with Crippen molar-refractivity contribution in [3.05, 3.63) is 23.5 Å². The lowest BCUT2D eigenvalue weighted by atomic mass is 10.4. The maximum Gasteiger partial charge on any atom is 0.168 e. The van der Waals surface area contributed by atoms with Crippen LogP contribution in [-0.2, 0) is 13.6 Å². The monoisotopic (exact) mass is 236 g/mol. The molecular weight excluding hydrogens is 220 g/mol. The quantitative estimate of drug-likeness (QED) is 0.808. The van der Waals surface area contributed by atoms with Crippen LogP contribution in [0.25, 0.3) is 10.8 Å². The fourth-order valence-corrected chi connectivity index (χ4v) is 2.37. The number of aryl methyl sites for hydroxylation is 1. The summed E-state index contributed by atoms with van der Waals surface area (Å²) in [5.41, 5.74) is 0. The average Bonchev–Trinajstić information content (AvgIpc) is 2.87. The van der Waals surface area contributed by atoms with E-state index in [0.29, 0.717) is 0 Å². The molecule has 0 aliphatic heterocycles. The Morgan fingerprint density at radius 1 is 1.44 bits per heavy atom. The van der Waals surface area contributed by atoms with Crippen LogP contribution in [0.2, 0.25) is 0 Å². The van der Waals surface area contributed by atoms with Crippen LogP contribution in [0.5, 0.6) is 0 Å². The molecule has 0 aliphatic carbocycles. The van der Waals surface area contributed by atoms with Crippen molar-refractivity contribution < 1.29 is 0 Å². The molecule has 86 valence electrons. The normalized spacial score (nSPS) is 10.9. The molecule has 0 saturated carbocycles. The molecule has 0 aromatic carbocycles. The summed E-state index contributed by atoms with van der Waals surface area (Å²) in [7, 11) is 1.98. The van der Waals surface area contributed by atoms with Gasteiger partial charge in [-0.3, -0.25) is 0 Å². The van der Waals surface area contributed by atoms with Crippen LogP contribution in [0.1, 0.15) is 18.2 Å². The second-order valence-corrected chi connectivity index (χ2v) is 4.79. The molecule has 5 heteroatoms. The summed E-state index contributed by atoms with van der Waals surface area (Å²) in [4.78, 5) is 9.94. The fourth-order valence-electron chi connectivity index (χ4n) is 1.45. The molecule has 2 rings (SSSR count). The molecule has 0 atom stereocenters. The highest BCUT2D eigenvalue weighted by Gasteiger charge is 2.08. The molecule has 1 N–H and O–H groups in total. The zero-order chi connectivity index (χ0) is 11.4. The first kappa shape index (κ1) is 11.3. The van der Waals surface area contributed by atoms with E-state index in [9.17, 15) is 0 Å². The molecule has 0 fully saturated rings. The molecule has 0 unspecified atom stereocenters. The third kappa shape index (κ3) is 2.48. The zero-order valence-corrected chi connectivity index (χ0v) is 10.4. The molecule has 0 spiro atoms. The molecule has 2 heterocycles. The highest BCUT2D eigenvalue weighted by molar-refractivity contribution is 7.14. The number of imidazole rings is 1. The van der Waals surface area contributed by atoms with Gasteiger partial charge in [-0.15, -0.1) is 11.3 Å². The number of aromatic nitrogens is 3. The number of hydrogen-bond acceptors (Lipinski definition) is 4. The van der Waals surface area contributed by atoms with Gasteiger partial charge < -0.3 is 9.88 Å². The summed E-state index contributed by atoms with van der Waals surface area (Å²) >= 11 is 1.70. The topological polar surface area (TPSA) is 42.7 Å². The van der Waals surface area contributed by atoms with Gasteiger partial charge in [0.2, 0.25) is 0 Å². The molecule has 0 bridgehead atoms. The van der Waals surface area contributed by atoms with Crippen molar-refractivity contribution in [3.63, 3.8) is 0 Å². The molecule has 0 aliphatic rings. The lowest BCUT2D eigenvalue weighted by Gasteiger charge is -1.98. The standard InChI is InChI=1S/C11H16N4S/c1-3-4-12-7-9-8-14-11(16-9)10-13-5-6-15(10)2/h5-6,8,12H,3-4,7H2,1-2H3. The Morgan fingerprint density at radius 2 is 2.31 bits per heavy atom. The van der Waals surface area contributed by atoms with Crippen molar-refractivity contribution in [2.24, 2.45) is 7.05 Å². The average molecular weight is 236 g/mol. The number of rotatable bonds is 5. The number of hydrogen-bond donors (Lipinski definition) is 1. The van der Waals surface area contributed by atoms with Gasteiger partial charge in [0.05, 0.1) is 0 Å². The Morgan fingerprint density at radius 3 is 3.00 bits per heavy atom. The highest BCUT2D eigenvalue weighted by Crippen LogP contribution is 2.22. The Bertz CT molecular complexity index is 446. The zero-order valence-electron chi connectivity index (χ0n) is 9.60. The first-order valence-electron chi connectivity index (χ1n) is 5.44. The summed E-state index contributed by atoms with van der Waals surface area (Å²) in [5, 5.41) is 4.35. The highest BCUT2D eigenvalue weighted by atomic mass is 32.1. The molecule has 4 nitrogen and oxygen atoms in total. The minimum absolute atomic E-state index is 0.899. The second kappa shape index (κ2) is 5.23. The number of nitrogens with zero attached hydrogens (tertiary/aromatic N) is 3. The van der Waals surface area contributed by atoms with Gasteiger partial charge in [0.1, 0.15) is 0 Å². The molecule has 0 radical (unpaired) electrons. The van der Waals surface area contributed by atoms with E-state index >= 15 is 0 Å². The third-order valence-corrected chi connectivity index (χ3v) is 3.29. The van der Waals surface area contributed by atoms with Gasteiger partial charge in [0.25, 0.3) is 0 Å². The van der Waals surface area contributed by atoms with E-state index in [2.05, 4.69) is 22.2 Å². The SMILES string of the molecule is CCCNCc1cnc(-c2nccn2C)s1. The lowest BCUT2D eigenvalue weighted by Crippen LogP contribution is -2.12. The summed E-state index contributed by atoms with van der Waals surface area (Å²) in [5.74, 6) is 0.937. The van der Waals surface area contributed by atoms with Crippen LogP contribution >= 0.6 is 11.3 Å². The van der Waals surface area contributed by atoms with Crippen molar-refractivity contribution in [1.29, 1.82) is 0 Å². The molecule has 16 heavy (non-hydrogen) atoms. The Hall–Kier alpha value is -1.20. The van der Waals surface area contributed by atoms with Crippen LogP contribution in [0.3, 0.4) is 0 Å². The number of thiazole rings is 1. The van der Waals surface area contributed by atoms with Crippen LogP contribution in [-0.4, -0.2) is 21.1 Å². The van der Waals surface area contributed by atoms with Crippen LogP contribution in [0.15, 0.2) is 18.6 Å². The van der Waals surface area contributed by atoms with E-state index in [1.807, 2.05) is 24.0 Å². The Kier molecular flexibility index (Phi) is 3.69. The first-order valence-corrected chi connectivity index (χ1v) is 6.26. The predicted molar refractivity (Wildman–Crippen MR) is 66.3 cm³/mol. The fraction of sp³-hybridized carbons (Fsp3) is 0.455. The maximum absolute atomic E-state index is 4.39. The Balaban J connectivity index is 2.05. The van der Waals surface area contributed by atoms with E-state index in [4.69, 9.17) is 0 Å². The van der Waals surface area contributed by atoms with Crippen LogP contribution in [0.4, 0.5) is 0 Å².